The predicted octanol–water partition coefficient (Wildman–Crippen LogP) is 3.69. The molecule has 0 fully saturated rings. The highest BCUT2D eigenvalue weighted by molar-refractivity contribution is 5.94. The van der Waals surface area contributed by atoms with Gasteiger partial charge in [-0.15, -0.1) is 0 Å². The van der Waals surface area contributed by atoms with E-state index in [0.717, 1.165) is 0 Å². The number of para-hydroxylation sites is 1. The number of Topliss-reactive ketones (excluding diaryl/α,β-unsaturated/α-hetero) is 1. The Labute approximate surface area is 120 Å². The standard InChI is InChI=1S/C16H10N2O3/c1-10(19)11-6-7-18-15(8-11)21-16-12-4-2-3-5-13(12)20-14(16)9-17/h2-8H,1H3. The molecular weight excluding hydrogens is 268 g/mol. The molecular formula is C16H10N2O3. The lowest BCUT2D eigenvalue weighted by Crippen LogP contribution is -1.95. The maximum Gasteiger partial charge on any atom is 0.247 e. The van der Waals surface area contributed by atoms with Crippen molar-refractivity contribution < 1.29 is 13.9 Å². The molecule has 21 heavy (non-hydrogen) atoms. The molecule has 0 bridgehead atoms. The van der Waals surface area contributed by atoms with Crippen LogP contribution in [0.1, 0.15) is 23.0 Å². The highest BCUT2D eigenvalue weighted by Crippen LogP contribution is 2.35. The Hall–Kier alpha value is -3.13. The fraction of sp³-hybridized carbons (Fsp3) is 0.0625. The largest absolute Gasteiger partial charge is 0.442 e. The third-order valence-electron chi connectivity index (χ3n) is 3.00. The van der Waals surface area contributed by atoms with E-state index in [0.29, 0.717) is 22.3 Å². The number of ketones is 1. The Bertz CT molecular complexity index is 875. The molecule has 0 aliphatic carbocycles. The van der Waals surface area contributed by atoms with Gasteiger partial charge in [-0.05, 0) is 25.1 Å². The Morgan fingerprint density at radius 1 is 1.33 bits per heavy atom. The Morgan fingerprint density at radius 3 is 2.90 bits per heavy atom. The van der Waals surface area contributed by atoms with Gasteiger partial charge in [0.15, 0.2) is 11.5 Å². The summed E-state index contributed by atoms with van der Waals surface area (Å²) in [6.07, 6.45) is 1.49. The molecule has 0 N–H and O–H groups in total. The fourth-order valence-electron chi connectivity index (χ4n) is 1.99. The molecule has 0 aliphatic heterocycles. The van der Waals surface area contributed by atoms with Gasteiger partial charge in [-0.1, -0.05) is 12.1 Å². The maximum atomic E-state index is 11.4. The number of hydrogen-bond acceptors (Lipinski definition) is 5. The van der Waals surface area contributed by atoms with Crippen molar-refractivity contribution in [2.75, 3.05) is 0 Å². The van der Waals surface area contributed by atoms with Gasteiger partial charge < -0.3 is 9.15 Å². The molecule has 0 spiro atoms. The molecule has 5 nitrogen and oxygen atoms in total. The summed E-state index contributed by atoms with van der Waals surface area (Å²) in [4.78, 5) is 15.4. The minimum Gasteiger partial charge on any atom is -0.442 e. The van der Waals surface area contributed by atoms with Crippen LogP contribution in [0.15, 0.2) is 47.0 Å². The lowest BCUT2D eigenvalue weighted by Gasteiger charge is -2.04. The van der Waals surface area contributed by atoms with Crippen molar-refractivity contribution in [3.8, 4) is 17.7 Å². The van der Waals surface area contributed by atoms with Crippen LogP contribution in [0.25, 0.3) is 11.0 Å². The van der Waals surface area contributed by atoms with E-state index in [1.165, 1.54) is 19.2 Å². The second-order valence-electron chi connectivity index (χ2n) is 4.41. The first-order valence-electron chi connectivity index (χ1n) is 6.25. The highest BCUT2D eigenvalue weighted by atomic mass is 16.5. The van der Waals surface area contributed by atoms with Gasteiger partial charge in [0.25, 0.3) is 0 Å². The van der Waals surface area contributed by atoms with Crippen molar-refractivity contribution in [3.05, 3.63) is 53.9 Å². The first-order valence-corrected chi connectivity index (χ1v) is 6.25. The number of nitrogens with zero attached hydrogens (tertiary/aromatic N) is 2. The molecule has 2 aromatic heterocycles. The van der Waals surface area contributed by atoms with Gasteiger partial charge in [0.2, 0.25) is 11.6 Å². The quantitative estimate of drug-likeness (QED) is 0.683. The number of fused-ring (bicyclic) bond motifs is 1. The number of carbonyl (C=O) groups is 1. The lowest BCUT2D eigenvalue weighted by atomic mass is 10.2. The van der Waals surface area contributed by atoms with E-state index in [9.17, 15) is 4.79 Å². The summed E-state index contributed by atoms with van der Waals surface area (Å²) in [6.45, 7) is 1.47. The molecule has 3 rings (SSSR count). The van der Waals surface area contributed by atoms with Crippen LogP contribution in [-0.2, 0) is 0 Å². The van der Waals surface area contributed by atoms with Crippen molar-refractivity contribution in [2.24, 2.45) is 0 Å². The monoisotopic (exact) mass is 278 g/mol. The lowest BCUT2D eigenvalue weighted by molar-refractivity contribution is 0.101. The van der Waals surface area contributed by atoms with Crippen molar-refractivity contribution >= 4 is 16.8 Å². The molecule has 1 aromatic carbocycles. The number of furan rings is 1. The number of carbonyl (C=O) groups excluding carboxylic acids is 1. The van der Waals surface area contributed by atoms with E-state index in [1.54, 1.807) is 18.2 Å². The summed E-state index contributed by atoms with van der Waals surface area (Å²) < 4.78 is 11.1. The minimum atomic E-state index is -0.0835. The highest BCUT2D eigenvalue weighted by Gasteiger charge is 2.16. The first kappa shape index (κ1) is 12.9. The van der Waals surface area contributed by atoms with Crippen LogP contribution in [0.4, 0.5) is 0 Å². The van der Waals surface area contributed by atoms with Crippen molar-refractivity contribution in [1.82, 2.24) is 4.98 Å². The molecule has 3 aromatic rings. The predicted molar refractivity (Wildman–Crippen MR) is 75.2 cm³/mol. The average Bonchev–Trinajstić information content (AvgIpc) is 2.86. The van der Waals surface area contributed by atoms with Crippen LogP contribution in [0, 0.1) is 11.3 Å². The van der Waals surface area contributed by atoms with Gasteiger partial charge in [0.1, 0.15) is 11.7 Å². The van der Waals surface area contributed by atoms with Crippen LogP contribution in [-0.4, -0.2) is 10.8 Å². The molecule has 102 valence electrons. The molecule has 0 atom stereocenters. The first-order chi connectivity index (χ1) is 10.2. The summed E-state index contributed by atoms with van der Waals surface area (Å²) in [7, 11) is 0. The van der Waals surface area contributed by atoms with Crippen LogP contribution >= 0.6 is 0 Å². The van der Waals surface area contributed by atoms with Crippen molar-refractivity contribution in [2.45, 2.75) is 6.92 Å². The van der Waals surface area contributed by atoms with E-state index < -0.39 is 0 Å². The zero-order valence-electron chi connectivity index (χ0n) is 11.2. The molecule has 0 saturated carbocycles. The Balaban J connectivity index is 2.08. The topological polar surface area (TPSA) is 76.1 Å². The van der Waals surface area contributed by atoms with Gasteiger partial charge in [0, 0.05) is 17.8 Å². The molecule has 2 heterocycles. The van der Waals surface area contributed by atoms with E-state index in [-0.39, 0.29) is 17.4 Å². The number of rotatable bonds is 3. The van der Waals surface area contributed by atoms with Crippen LogP contribution in [0.2, 0.25) is 0 Å². The molecule has 0 aliphatic rings. The summed E-state index contributed by atoms with van der Waals surface area (Å²) in [5.74, 6) is 0.540. The van der Waals surface area contributed by atoms with E-state index in [1.807, 2.05) is 18.2 Å². The number of aromatic nitrogens is 1. The van der Waals surface area contributed by atoms with Gasteiger partial charge >= 0.3 is 0 Å². The fourth-order valence-corrected chi connectivity index (χ4v) is 1.99. The van der Waals surface area contributed by atoms with Gasteiger partial charge in [0.05, 0.1) is 5.39 Å². The number of nitriles is 1. The van der Waals surface area contributed by atoms with Crippen LogP contribution < -0.4 is 4.74 Å². The van der Waals surface area contributed by atoms with Gasteiger partial charge in [-0.25, -0.2) is 4.98 Å². The van der Waals surface area contributed by atoms with E-state index in [2.05, 4.69) is 4.98 Å². The number of benzene rings is 1. The Kier molecular flexibility index (Phi) is 3.13. The normalized spacial score (nSPS) is 10.3. The third-order valence-corrected chi connectivity index (χ3v) is 3.00. The average molecular weight is 278 g/mol. The molecule has 0 saturated heterocycles. The minimum absolute atomic E-state index is 0.0752. The maximum absolute atomic E-state index is 11.4. The van der Waals surface area contributed by atoms with Crippen LogP contribution in [0.5, 0.6) is 11.6 Å². The molecule has 0 amide bonds. The number of hydrogen-bond donors (Lipinski definition) is 0. The van der Waals surface area contributed by atoms with E-state index >= 15 is 0 Å². The van der Waals surface area contributed by atoms with Crippen LogP contribution in [0.3, 0.4) is 0 Å². The second-order valence-corrected chi connectivity index (χ2v) is 4.41. The summed E-state index contributed by atoms with van der Waals surface area (Å²) >= 11 is 0. The summed E-state index contributed by atoms with van der Waals surface area (Å²) in [6, 6.07) is 12.3. The number of ether oxygens (including phenoxy) is 1. The van der Waals surface area contributed by atoms with Gasteiger partial charge in [-0.2, -0.15) is 5.26 Å². The second kappa shape index (κ2) is 5.10. The molecule has 0 unspecified atom stereocenters. The summed E-state index contributed by atoms with van der Waals surface area (Å²) in [5.41, 5.74) is 1.05. The zero-order chi connectivity index (χ0) is 14.8. The zero-order valence-corrected chi connectivity index (χ0v) is 11.2. The van der Waals surface area contributed by atoms with Crippen molar-refractivity contribution in [3.63, 3.8) is 0 Å². The molecule has 5 heteroatoms. The number of pyridine rings is 1. The smallest absolute Gasteiger partial charge is 0.247 e. The SMILES string of the molecule is CC(=O)c1ccnc(Oc2c(C#N)oc3ccccc23)c1. The summed E-state index contributed by atoms with van der Waals surface area (Å²) in [5, 5.41) is 9.83. The van der Waals surface area contributed by atoms with Crippen molar-refractivity contribution in [1.29, 1.82) is 5.26 Å². The van der Waals surface area contributed by atoms with Gasteiger partial charge in [-0.3, -0.25) is 4.79 Å². The third kappa shape index (κ3) is 2.35. The Morgan fingerprint density at radius 2 is 2.14 bits per heavy atom. The molecule has 0 radical (unpaired) electrons. The van der Waals surface area contributed by atoms with E-state index in [4.69, 9.17) is 14.4 Å².